The number of benzene rings is 2. The number of amides is 1. The molecule has 0 aliphatic rings. The minimum absolute atomic E-state index is 0.199. The molecule has 1 amide bonds. The maximum absolute atomic E-state index is 11.4. The number of rotatable bonds is 6. The molecule has 5 N–H and O–H groups in total. The van der Waals surface area contributed by atoms with Crippen molar-refractivity contribution >= 4 is 23.3 Å². The fraction of sp³-hybridized carbons (Fsp3) is 0.0769. The molecule has 4 aromatic rings. The van der Waals surface area contributed by atoms with Gasteiger partial charge in [0.1, 0.15) is 28.7 Å². The summed E-state index contributed by atoms with van der Waals surface area (Å²) in [5.74, 6) is 1.59. The Morgan fingerprint density at radius 1 is 0.694 bits per heavy atom. The molecule has 2 aromatic carbocycles. The molecule has 36 heavy (non-hydrogen) atoms. The number of nitrogen functional groups attached to an aromatic ring is 2. The summed E-state index contributed by atoms with van der Waals surface area (Å²) in [6.07, 6.45) is 3.01. The van der Waals surface area contributed by atoms with Gasteiger partial charge in [-0.1, -0.05) is 0 Å². The van der Waals surface area contributed by atoms with Crippen LogP contribution in [0.4, 0.5) is 11.4 Å². The number of hydrogen-bond donors (Lipinski definition) is 3. The second kappa shape index (κ2) is 12.4. The molecule has 0 radical (unpaired) electrons. The Labute approximate surface area is 207 Å². The van der Waals surface area contributed by atoms with Gasteiger partial charge in [0.15, 0.2) is 5.69 Å². The molecule has 2 heterocycles. The highest BCUT2D eigenvalue weighted by Gasteiger charge is 2.09. The first-order chi connectivity index (χ1) is 17.4. The summed E-state index contributed by atoms with van der Waals surface area (Å²) in [6.45, 7) is 0. The number of carbonyl (C=O) groups is 2. The van der Waals surface area contributed by atoms with Crippen LogP contribution in [-0.4, -0.2) is 36.0 Å². The molecular formula is C26H25N5O5. The summed E-state index contributed by atoms with van der Waals surface area (Å²) in [5.41, 5.74) is 13.0. The normalized spacial score (nSPS) is 9.83. The molecule has 10 nitrogen and oxygen atoms in total. The molecular weight excluding hydrogens is 462 g/mol. The van der Waals surface area contributed by atoms with Crippen LogP contribution in [0.2, 0.25) is 0 Å². The lowest BCUT2D eigenvalue weighted by Gasteiger charge is -2.06. The molecule has 0 aliphatic carbocycles. The fourth-order valence-corrected chi connectivity index (χ4v) is 2.76. The highest BCUT2D eigenvalue weighted by Crippen LogP contribution is 2.23. The Morgan fingerprint density at radius 3 is 1.58 bits per heavy atom. The van der Waals surface area contributed by atoms with Crippen LogP contribution in [0.1, 0.15) is 21.0 Å². The number of nitrogens with one attached hydrogen (secondary N) is 1. The predicted octanol–water partition coefficient (Wildman–Crippen LogP) is 4.06. The molecule has 0 aliphatic heterocycles. The van der Waals surface area contributed by atoms with Gasteiger partial charge in [0.25, 0.3) is 5.91 Å². The molecule has 0 unspecified atom stereocenters. The first-order valence-corrected chi connectivity index (χ1v) is 10.7. The monoisotopic (exact) mass is 487 g/mol. The van der Waals surface area contributed by atoms with Crippen molar-refractivity contribution < 1.29 is 23.8 Å². The number of nitrogens with zero attached hydrogens (tertiary/aromatic N) is 2. The summed E-state index contributed by atoms with van der Waals surface area (Å²) >= 11 is 0. The Morgan fingerprint density at radius 2 is 1.14 bits per heavy atom. The van der Waals surface area contributed by atoms with E-state index in [1.54, 1.807) is 73.8 Å². The largest absolute Gasteiger partial charge is 0.464 e. The Hall–Kier alpha value is -5.12. The standard InChI is InChI=1S/C13H13N3O2.C13H12N2O3/c1-15-13(17)12-8-11(6-7-16-12)18-10-4-2-9(14)3-5-10;1-17-13(16)12-8-11(6-7-15-12)18-10-4-2-9(14)3-5-10/h2-8H,14H2,1H3,(H,15,17);2-8H,14H2,1H3. The van der Waals surface area contributed by atoms with E-state index in [0.717, 1.165) is 0 Å². The first-order valence-electron chi connectivity index (χ1n) is 10.7. The lowest BCUT2D eigenvalue weighted by Crippen LogP contribution is -2.18. The van der Waals surface area contributed by atoms with Crippen LogP contribution >= 0.6 is 0 Å². The van der Waals surface area contributed by atoms with Gasteiger partial charge in [-0.15, -0.1) is 0 Å². The topological polar surface area (TPSA) is 152 Å². The van der Waals surface area contributed by atoms with Crippen molar-refractivity contribution in [1.82, 2.24) is 15.3 Å². The Balaban J connectivity index is 0.000000201. The molecule has 4 rings (SSSR count). The van der Waals surface area contributed by atoms with Gasteiger partial charge in [-0.2, -0.15) is 0 Å². The summed E-state index contributed by atoms with van der Waals surface area (Å²) in [5, 5.41) is 2.51. The van der Waals surface area contributed by atoms with Gasteiger partial charge in [-0.25, -0.2) is 9.78 Å². The van der Waals surface area contributed by atoms with E-state index in [1.807, 2.05) is 0 Å². The number of ether oxygens (including phenoxy) is 3. The lowest BCUT2D eigenvalue weighted by molar-refractivity contribution is 0.0593. The summed E-state index contributed by atoms with van der Waals surface area (Å²) in [6, 6.07) is 20.4. The number of anilines is 2. The van der Waals surface area contributed by atoms with Crippen LogP contribution in [0.5, 0.6) is 23.0 Å². The first kappa shape index (κ1) is 25.5. The van der Waals surface area contributed by atoms with Crippen molar-refractivity contribution in [2.45, 2.75) is 0 Å². The smallest absolute Gasteiger partial charge is 0.356 e. The van der Waals surface area contributed by atoms with Gasteiger partial charge in [-0.3, -0.25) is 9.78 Å². The van der Waals surface area contributed by atoms with Crippen LogP contribution < -0.4 is 26.3 Å². The quantitative estimate of drug-likeness (QED) is 0.270. The third-order valence-electron chi connectivity index (χ3n) is 4.55. The average molecular weight is 488 g/mol. The van der Waals surface area contributed by atoms with Gasteiger partial charge in [-0.05, 0) is 60.7 Å². The predicted molar refractivity (Wildman–Crippen MR) is 135 cm³/mol. The van der Waals surface area contributed by atoms with E-state index in [2.05, 4.69) is 20.0 Å². The molecule has 0 saturated carbocycles. The van der Waals surface area contributed by atoms with E-state index in [4.69, 9.17) is 20.9 Å². The van der Waals surface area contributed by atoms with Crippen molar-refractivity contribution in [3.8, 4) is 23.0 Å². The van der Waals surface area contributed by atoms with Crippen molar-refractivity contribution in [1.29, 1.82) is 0 Å². The van der Waals surface area contributed by atoms with Crippen LogP contribution in [0, 0.1) is 0 Å². The van der Waals surface area contributed by atoms with Gasteiger partial charge < -0.3 is 31.0 Å². The maximum atomic E-state index is 11.4. The number of pyridine rings is 2. The van der Waals surface area contributed by atoms with Gasteiger partial charge in [0, 0.05) is 42.9 Å². The third-order valence-corrected chi connectivity index (χ3v) is 4.55. The lowest BCUT2D eigenvalue weighted by atomic mass is 10.3. The van der Waals surface area contributed by atoms with Crippen LogP contribution in [0.25, 0.3) is 0 Å². The highest BCUT2D eigenvalue weighted by atomic mass is 16.5. The number of nitrogens with two attached hydrogens (primary N) is 2. The number of carbonyl (C=O) groups excluding carboxylic acids is 2. The SMILES string of the molecule is CNC(=O)c1cc(Oc2ccc(N)cc2)ccn1.COC(=O)c1cc(Oc2ccc(N)cc2)ccn1. The minimum Gasteiger partial charge on any atom is -0.464 e. The fourth-order valence-electron chi connectivity index (χ4n) is 2.76. The van der Waals surface area contributed by atoms with Crippen molar-refractivity contribution in [3.63, 3.8) is 0 Å². The van der Waals surface area contributed by atoms with Gasteiger partial charge >= 0.3 is 5.97 Å². The minimum atomic E-state index is -0.502. The molecule has 184 valence electrons. The van der Waals surface area contributed by atoms with Crippen LogP contribution in [0.15, 0.2) is 85.2 Å². The zero-order valence-corrected chi connectivity index (χ0v) is 19.7. The number of aromatic nitrogens is 2. The molecule has 0 bridgehead atoms. The van der Waals surface area contributed by atoms with Gasteiger partial charge in [0.2, 0.25) is 0 Å². The molecule has 0 fully saturated rings. The summed E-state index contributed by atoms with van der Waals surface area (Å²) in [4.78, 5) is 30.6. The third kappa shape index (κ3) is 7.45. The van der Waals surface area contributed by atoms with Crippen LogP contribution in [-0.2, 0) is 4.74 Å². The van der Waals surface area contributed by atoms with E-state index in [1.165, 1.54) is 25.6 Å². The number of methoxy groups -OCH3 is 1. The highest BCUT2D eigenvalue weighted by molar-refractivity contribution is 5.92. The van der Waals surface area contributed by atoms with E-state index >= 15 is 0 Å². The van der Waals surface area contributed by atoms with Crippen molar-refractivity contribution in [3.05, 3.63) is 96.6 Å². The molecule has 0 saturated heterocycles. The molecule has 0 spiro atoms. The van der Waals surface area contributed by atoms with E-state index in [0.29, 0.717) is 40.1 Å². The zero-order chi connectivity index (χ0) is 25.9. The Bertz CT molecular complexity index is 1210. The zero-order valence-electron chi connectivity index (χ0n) is 19.7. The second-order valence-electron chi connectivity index (χ2n) is 7.17. The molecule has 10 heteroatoms. The van der Waals surface area contributed by atoms with E-state index in [9.17, 15) is 9.59 Å². The number of esters is 1. The van der Waals surface area contributed by atoms with Crippen LogP contribution in [0.3, 0.4) is 0 Å². The van der Waals surface area contributed by atoms with Gasteiger partial charge in [0.05, 0.1) is 7.11 Å². The maximum Gasteiger partial charge on any atom is 0.356 e. The van der Waals surface area contributed by atoms with E-state index < -0.39 is 5.97 Å². The second-order valence-corrected chi connectivity index (χ2v) is 7.17. The number of hydrogen-bond acceptors (Lipinski definition) is 9. The Kier molecular flexibility index (Phi) is 8.76. The summed E-state index contributed by atoms with van der Waals surface area (Å²) in [7, 11) is 2.86. The molecule has 2 aromatic heterocycles. The average Bonchev–Trinajstić information content (AvgIpc) is 2.91. The molecule has 0 atom stereocenters. The summed E-state index contributed by atoms with van der Waals surface area (Å²) < 4.78 is 15.7. The van der Waals surface area contributed by atoms with Crippen molar-refractivity contribution in [2.24, 2.45) is 0 Å². The van der Waals surface area contributed by atoms with Crippen molar-refractivity contribution in [2.75, 3.05) is 25.6 Å². The van der Waals surface area contributed by atoms with E-state index in [-0.39, 0.29) is 11.6 Å².